The van der Waals surface area contributed by atoms with Gasteiger partial charge in [-0.1, -0.05) is 30.3 Å². The van der Waals surface area contributed by atoms with E-state index in [0.29, 0.717) is 12.3 Å². The zero-order chi connectivity index (χ0) is 15.9. The lowest BCUT2D eigenvalue weighted by Gasteiger charge is -2.22. The summed E-state index contributed by atoms with van der Waals surface area (Å²) >= 11 is 0. The lowest BCUT2D eigenvalue weighted by molar-refractivity contribution is -0.130. The Morgan fingerprint density at radius 1 is 1.41 bits per heavy atom. The van der Waals surface area contributed by atoms with E-state index in [-0.39, 0.29) is 11.9 Å². The first-order valence-corrected chi connectivity index (χ1v) is 8.30. The Morgan fingerprint density at radius 3 is 2.82 bits per heavy atom. The van der Waals surface area contributed by atoms with Gasteiger partial charge in [0.05, 0.1) is 0 Å². The Hall–Kier alpha value is -1.39. The highest BCUT2D eigenvalue weighted by Gasteiger charge is 2.24. The van der Waals surface area contributed by atoms with Gasteiger partial charge < -0.3 is 10.6 Å². The van der Waals surface area contributed by atoms with Crippen molar-refractivity contribution in [1.82, 2.24) is 9.80 Å². The van der Waals surface area contributed by atoms with Gasteiger partial charge in [0.1, 0.15) is 0 Å². The number of nitrogens with two attached hydrogens (primary N) is 1. The summed E-state index contributed by atoms with van der Waals surface area (Å²) in [5.41, 5.74) is 7.08. The standard InChI is InChI=1S/C18H29N3O/c1-15(19)8-9-18(22)20(2)12-17-10-11-21(14-17)13-16-6-4-3-5-7-16/h3-7,15,17H,8-14,19H2,1-2H3. The quantitative estimate of drug-likeness (QED) is 0.839. The average molecular weight is 303 g/mol. The predicted octanol–water partition coefficient (Wildman–Crippen LogP) is 2.09. The maximum absolute atomic E-state index is 12.1. The van der Waals surface area contributed by atoms with E-state index in [1.54, 1.807) is 0 Å². The lowest BCUT2D eigenvalue weighted by atomic mass is 10.1. The molecule has 2 rings (SSSR count). The Balaban J connectivity index is 1.72. The number of hydrogen-bond acceptors (Lipinski definition) is 3. The van der Waals surface area contributed by atoms with E-state index < -0.39 is 0 Å². The molecule has 2 atom stereocenters. The third-order valence-electron chi connectivity index (χ3n) is 4.39. The van der Waals surface area contributed by atoms with E-state index in [1.807, 2.05) is 18.9 Å². The van der Waals surface area contributed by atoms with Crippen molar-refractivity contribution in [3.8, 4) is 0 Å². The molecular weight excluding hydrogens is 274 g/mol. The van der Waals surface area contributed by atoms with Crippen molar-refractivity contribution < 1.29 is 4.79 Å². The van der Waals surface area contributed by atoms with Crippen LogP contribution in [-0.2, 0) is 11.3 Å². The number of amides is 1. The first kappa shape index (κ1) is 17.0. The summed E-state index contributed by atoms with van der Waals surface area (Å²) in [7, 11) is 1.92. The molecule has 2 N–H and O–H groups in total. The Labute approximate surface area is 134 Å². The van der Waals surface area contributed by atoms with Gasteiger partial charge in [0, 0.05) is 39.1 Å². The molecule has 0 aliphatic carbocycles. The molecule has 1 saturated heterocycles. The molecule has 0 saturated carbocycles. The topological polar surface area (TPSA) is 49.6 Å². The third-order valence-corrected chi connectivity index (χ3v) is 4.39. The summed E-state index contributed by atoms with van der Waals surface area (Å²) in [5.74, 6) is 0.812. The fraction of sp³-hybridized carbons (Fsp3) is 0.611. The molecule has 1 fully saturated rings. The summed E-state index contributed by atoms with van der Waals surface area (Å²) in [5, 5.41) is 0. The number of hydrogen-bond donors (Lipinski definition) is 1. The minimum Gasteiger partial charge on any atom is -0.345 e. The van der Waals surface area contributed by atoms with Crippen LogP contribution >= 0.6 is 0 Å². The number of benzene rings is 1. The van der Waals surface area contributed by atoms with E-state index in [9.17, 15) is 4.79 Å². The van der Waals surface area contributed by atoms with Crippen LogP contribution in [-0.4, -0.2) is 48.4 Å². The van der Waals surface area contributed by atoms with E-state index >= 15 is 0 Å². The van der Waals surface area contributed by atoms with Gasteiger partial charge in [-0.15, -0.1) is 0 Å². The first-order valence-electron chi connectivity index (χ1n) is 8.30. The molecule has 4 nitrogen and oxygen atoms in total. The number of likely N-dealkylation sites (tertiary alicyclic amines) is 1. The van der Waals surface area contributed by atoms with Gasteiger partial charge >= 0.3 is 0 Å². The minimum absolute atomic E-state index is 0.102. The molecule has 0 spiro atoms. The Kier molecular flexibility index (Phi) is 6.40. The Bertz CT molecular complexity index is 461. The number of carbonyl (C=O) groups is 1. The van der Waals surface area contributed by atoms with Crippen LogP contribution in [0.5, 0.6) is 0 Å². The van der Waals surface area contributed by atoms with Crippen LogP contribution in [0.3, 0.4) is 0 Å². The van der Waals surface area contributed by atoms with E-state index in [4.69, 9.17) is 5.73 Å². The van der Waals surface area contributed by atoms with Gasteiger partial charge in [0.25, 0.3) is 0 Å². The molecule has 1 aromatic rings. The molecule has 1 aromatic carbocycles. The highest BCUT2D eigenvalue weighted by Crippen LogP contribution is 2.19. The summed E-state index contributed by atoms with van der Waals surface area (Å²) in [6, 6.07) is 10.7. The molecule has 1 amide bonds. The molecule has 0 radical (unpaired) electrons. The lowest BCUT2D eigenvalue weighted by Crippen LogP contribution is -2.33. The summed E-state index contributed by atoms with van der Waals surface area (Å²) in [6.45, 7) is 6.04. The van der Waals surface area contributed by atoms with Gasteiger partial charge in [0.15, 0.2) is 0 Å². The number of carbonyl (C=O) groups excluding carboxylic acids is 1. The largest absolute Gasteiger partial charge is 0.345 e. The summed E-state index contributed by atoms with van der Waals surface area (Å²) < 4.78 is 0. The van der Waals surface area contributed by atoms with Gasteiger partial charge in [-0.05, 0) is 37.8 Å². The summed E-state index contributed by atoms with van der Waals surface area (Å²) in [6.07, 6.45) is 2.51. The zero-order valence-corrected chi connectivity index (χ0v) is 13.9. The normalized spacial score (nSPS) is 20.0. The number of nitrogens with zero attached hydrogens (tertiary/aromatic N) is 2. The second kappa shape index (κ2) is 8.30. The molecule has 0 bridgehead atoms. The minimum atomic E-state index is 0.102. The fourth-order valence-corrected chi connectivity index (χ4v) is 3.08. The van der Waals surface area contributed by atoms with Crippen molar-refractivity contribution in [3.05, 3.63) is 35.9 Å². The fourth-order valence-electron chi connectivity index (χ4n) is 3.08. The van der Waals surface area contributed by atoms with Crippen LogP contribution < -0.4 is 5.73 Å². The molecule has 0 aromatic heterocycles. The second-order valence-electron chi connectivity index (χ2n) is 6.67. The molecule has 4 heteroatoms. The van der Waals surface area contributed by atoms with Crippen molar-refractivity contribution in [3.63, 3.8) is 0 Å². The highest BCUT2D eigenvalue weighted by atomic mass is 16.2. The van der Waals surface area contributed by atoms with E-state index in [0.717, 1.165) is 32.6 Å². The third kappa shape index (κ3) is 5.43. The van der Waals surface area contributed by atoms with Crippen LogP contribution in [0.15, 0.2) is 30.3 Å². The second-order valence-corrected chi connectivity index (χ2v) is 6.67. The van der Waals surface area contributed by atoms with E-state index in [2.05, 4.69) is 35.2 Å². The smallest absolute Gasteiger partial charge is 0.222 e. The monoisotopic (exact) mass is 303 g/mol. The van der Waals surface area contributed by atoms with Crippen molar-refractivity contribution in [2.24, 2.45) is 11.7 Å². The van der Waals surface area contributed by atoms with Crippen molar-refractivity contribution in [2.45, 2.75) is 38.8 Å². The van der Waals surface area contributed by atoms with Crippen molar-refractivity contribution in [2.75, 3.05) is 26.7 Å². The summed E-state index contributed by atoms with van der Waals surface area (Å²) in [4.78, 5) is 16.4. The molecule has 1 aliphatic rings. The van der Waals surface area contributed by atoms with Crippen LogP contribution in [0.4, 0.5) is 0 Å². The van der Waals surface area contributed by atoms with Crippen molar-refractivity contribution >= 4 is 5.91 Å². The zero-order valence-electron chi connectivity index (χ0n) is 13.9. The molecule has 22 heavy (non-hydrogen) atoms. The maximum Gasteiger partial charge on any atom is 0.222 e. The van der Waals surface area contributed by atoms with Crippen molar-refractivity contribution in [1.29, 1.82) is 0 Å². The molecular formula is C18H29N3O. The molecule has 1 heterocycles. The Morgan fingerprint density at radius 2 is 2.14 bits per heavy atom. The predicted molar refractivity (Wildman–Crippen MR) is 90.3 cm³/mol. The van der Waals surface area contributed by atoms with Crippen LogP contribution in [0.2, 0.25) is 0 Å². The molecule has 2 unspecified atom stereocenters. The molecule has 122 valence electrons. The first-order chi connectivity index (χ1) is 10.5. The molecule has 1 aliphatic heterocycles. The van der Waals surface area contributed by atoms with Crippen LogP contribution in [0, 0.1) is 5.92 Å². The highest BCUT2D eigenvalue weighted by molar-refractivity contribution is 5.75. The van der Waals surface area contributed by atoms with Gasteiger partial charge in [-0.25, -0.2) is 0 Å². The van der Waals surface area contributed by atoms with Gasteiger partial charge in [-0.3, -0.25) is 9.69 Å². The maximum atomic E-state index is 12.1. The van der Waals surface area contributed by atoms with Crippen LogP contribution in [0.25, 0.3) is 0 Å². The number of rotatable bonds is 7. The average Bonchev–Trinajstić information content (AvgIpc) is 2.92. The van der Waals surface area contributed by atoms with E-state index in [1.165, 1.54) is 12.0 Å². The SMILES string of the molecule is CC(N)CCC(=O)N(C)CC1CCN(Cc2ccccc2)C1. The van der Waals surface area contributed by atoms with Crippen LogP contribution in [0.1, 0.15) is 31.7 Å². The van der Waals surface area contributed by atoms with Gasteiger partial charge in [-0.2, -0.15) is 0 Å². The van der Waals surface area contributed by atoms with Gasteiger partial charge in [0.2, 0.25) is 5.91 Å².